The van der Waals surface area contributed by atoms with Crippen LogP contribution in [0.3, 0.4) is 0 Å². The van der Waals surface area contributed by atoms with E-state index in [0.29, 0.717) is 18.0 Å². The fourth-order valence-corrected chi connectivity index (χ4v) is 4.39. The zero-order valence-electron chi connectivity index (χ0n) is 20.1. The van der Waals surface area contributed by atoms with Gasteiger partial charge in [0.05, 0.1) is 19.1 Å². The number of methoxy groups -OCH3 is 1. The average Bonchev–Trinajstić information content (AvgIpc) is 2.79. The number of hydrogen-bond acceptors (Lipinski definition) is 5. The molecule has 2 aromatic rings. The summed E-state index contributed by atoms with van der Waals surface area (Å²) < 4.78 is 32.3. The van der Waals surface area contributed by atoms with Crippen LogP contribution >= 0.6 is 22.6 Å². The van der Waals surface area contributed by atoms with Crippen LogP contribution in [0.1, 0.15) is 26.3 Å². The number of hydrogen-bond donors (Lipinski definition) is 1. The molecule has 1 N–H and O–H groups in total. The summed E-state index contributed by atoms with van der Waals surface area (Å²) in [5.41, 5.74) is 1.18. The number of benzene rings is 2. The van der Waals surface area contributed by atoms with Gasteiger partial charge < -0.3 is 15.0 Å². The van der Waals surface area contributed by atoms with Crippen molar-refractivity contribution in [2.45, 2.75) is 33.4 Å². The third-order valence-electron chi connectivity index (χ3n) is 5.16. The molecule has 2 rings (SSSR count). The highest BCUT2D eigenvalue weighted by atomic mass is 127. The standard InChI is InChI=1S/C24H32IN3O5S/c1-17(2)14-26-24(30)18(3)27(15-19-6-12-22(33-4)13-7-19)23(29)16-28(34(5,31)32)21-10-8-20(25)9-11-21/h6-13,17-18H,14-16H2,1-5H3,(H,26,30)/t18-/m1/s1. The lowest BCUT2D eigenvalue weighted by atomic mass is 10.1. The fraction of sp³-hybridized carbons (Fsp3) is 0.417. The summed E-state index contributed by atoms with van der Waals surface area (Å²) in [4.78, 5) is 27.7. The summed E-state index contributed by atoms with van der Waals surface area (Å²) in [6.45, 7) is 5.81. The third kappa shape index (κ3) is 8.15. The van der Waals surface area contributed by atoms with E-state index in [1.165, 1.54) is 4.90 Å². The van der Waals surface area contributed by atoms with Gasteiger partial charge in [-0.05, 0) is 77.4 Å². The van der Waals surface area contributed by atoms with Crippen molar-refractivity contribution in [1.82, 2.24) is 10.2 Å². The minimum atomic E-state index is -3.74. The third-order valence-corrected chi connectivity index (χ3v) is 7.02. The van der Waals surface area contributed by atoms with Crippen molar-refractivity contribution in [1.29, 1.82) is 0 Å². The maximum Gasteiger partial charge on any atom is 0.244 e. The van der Waals surface area contributed by atoms with E-state index < -0.39 is 28.5 Å². The molecule has 0 unspecified atom stereocenters. The Morgan fingerprint density at radius 3 is 2.12 bits per heavy atom. The van der Waals surface area contributed by atoms with E-state index in [1.807, 2.05) is 26.0 Å². The van der Waals surface area contributed by atoms with E-state index in [-0.39, 0.29) is 18.4 Å². The highest BCUT2D eigenvalue weighted by molar-refractivity contribution is 14.1. The number of nitrogens with one attached hydrogen (secondary N) is 1. The Hall–Kier alpha value is -2.34. The Labute approximate surface area is 215 Å². The molecule has 2 aromatic carbocycles. The predicted octanol–water partition coefficient (Wildman–Crippen LogP) is 3.26. The first-order valence-electron chi connectivity index (χ1n) is 10.9. The van der Waals surface area contributed by atoms with Crippen LogP contribution in [0, 0.1) is 9.49 Å². The number of carbonyl (C=O) groups excluding carboxylic acids is 2. The summed E-state index contributed by atoms with van der Waals surface area (Å²) in [7, 11) is -2.18. The van der Waals surface area contributed by atoms with Gasteiger partial charge >= 0.3 is 0 Å². The molecule has 2 amide bonds. The lowest BCUT2D eigenvalue weighted by molar-refractivity contribution is -0.139. The second-order valence-corrected chi connectivity index (χ2v) is 11.6. The van der Waals surface area contributed by atoms with Gasteiger partial charge in [0.2, 0.25) is 21.8 Å². The van der Waals surface area contributed by atoms with Gasteiger partial charge in [0, 0.05) is 16.7 Å². The van der Waals surface area contributed by atoms with Crippen molar-refractivity contribution in [3.05, 3.63) is 57.7 Å². The number of nitrogens with zero attached hydrogens (tertiary/aromatic N) is 2. The number of rotatable bonds is 11. The second kappa shape index (κ2) is 12.4. The van der Waals surface area contributed by atoms with Crippen molar-refractivity contribution < 1.29 is 22.7 Å². The topological polar surface area (TPSA) is 96.0 Å². The van der Waals surface area contributed by atoms with Gasteiger partial charge in [-0.15, -0.1) is 0 Å². The van der Waals surface area contributed by atoms with Gasteiger partial charge in [0.15, 0.2) is 0 Å². The molecule has 8 nitrogen and oxygen atoms in total. The van der Waals surface area contributed by atoms with Gasteiger partial charge in [-0.3, -0.25) is 13.9 Å². The van der Waals surface area contributed by atoms with Crippen molar-refractivity contribution in [2.75, 3.05) is 30.8 Å². The molecule has 0 saturated heterocycles. The Kier molecular flexibility index (Phi) is 10.2. The summed E-state index contributed by atoms with van der Waals surface area (Å²) in [5.74, 6) is 0.150. The number of halogens is 1. The first kappa shape index (κ1) is 27.9. The van der Waals surface area contributed by atoms with Gasteiger partial charge in [-0.25, -0.2) is 8.42 Å². The van der Waals surface area contributed by atoms with Crippen molar-refractivity contribution in [2.24, 2.45) is 5.92 Å². The predicted molar refractivity (Wildman–Crippen MR) is 142 cm³/mol. The van der Waals surface area contributed by atoms with Gasteiger partial charge in [0.25, 0.3) is 0 Å². The van der Waals surface area contributed by atoms with E-state index >= 15 is 0 Å². The largest absolute Gasteiger partial charge is 0.497 e. The number of sulfonamides is 1. The molecule has 10 heteroatoms. The minimum Gasteiger partial charge on any atom is -0.497 e. The fourth-order valence-electron chi connectivity index (χ4n) is 3.18. The molecular weight excluding hydrogens is 569 g/mol. The number of ether oxygens (including phenoxy) is 1. The summed E-state index contributed by atoms with van der Waals surface area (Å²) in [6.07, 6.45) is 1.06. The highest BCUT2D eigenvalue weighted by Crippen LogP contribution is 2.21. The molecule has 0 bridgehead atoms. The molecule has 0 aliphatic carbocycles. The number of amides is 2. The normalized spacial score (nSPS) is 12.2. The number of anilines is 1. The smallest absolute Gasteiger partial charge is 0.244 e. The van der Waals surface area contributed by atoms with Crippen molar-refractivity contribution in [3.63, 3.8) is 0 Å². The molecule has 0 spiro atoms. The average molecular weight is 602 g/mol. The van der Waals surface area contributed by atoms with Crippen LogP contribution in [-0.4, -0.2) is 57.6 Å². The van der Waals surface area contributed by atoms with Crippen LogP contribution in [-0.2, 0) is 26.2 Å². The molecule has 0 aliphatic heterocycles. The van der Waals surface area contributed by atoms with E-state index in [0.717, 1.165) is 19.7 Å². The minimum absolute atomic E-state index is 0.142. The first-order valence-corrected chi connectivity index (χ1v) is 13.8. The molecule has 0 radical (unpaired) electrons. The van der Waals surface area contributed by atoms with E-state index in [9.17, 15) is 18.0 Å². The van der Waals surface area contributed by atoms with Crippen molar-refractivity contribution in [3.8, 4) is 5.75 Å². The van der Waals surface area contributed by atoms with Crippen LogP contribution in [0.15, 0.2) is 48.5 Å². The highest BCUT2D eigenvalue weighted by Gasteiger charge is 2.30. The van der Waals surface area contributed by atoms with E-state index in [2.05, 4.69) is 27.9 Å². The van der Waals surface area contributed by atoms with Crippen LogP contribution in [0.5, 0.6) is 5.75 Å². The molecule has 0 aromatic heterocycles. The molecule has 186 valence electrons. The van der Waals surface area contributed by atoms with Gasteiger partial charge in [-0.2, -0.15) is 0 Å². The summed E-state index contributed by atoms with van der Waals surface area (Å²) >= 11 is 2.13. The lowest BCUT2D eigenvalue weighted by Gasteiger charge is -2.31. The second-order valence-electron chi connectivity index (χ2n) is 8.43. The Bertz CT molecular complexity index is 1070. The summed E-state index contributed by atoms with van der Waals surface area (Å²) in [5, 5.41) is 2.86. The maximum atomic E-state index is 13.5. The van der Waals surface area contributed by atoms with E-state index in [4.69, 9.17) is 4.74 Å². The molecule has 0 heterocycles. The van der Waals surface area contributed by atoms with Crippen molar-refractivity contribution >= 4 is 50.1 Å². The Morgan fingerprint density at radius 2 is 1.62 bits per heavy atom. The Morgan fingerprint density at radius 1 is 1.03 bits per heavy atom. The van der Waals surface area contributed by atoms with Gasteiger partial charge in [0.1, 0.15) is 18.3 Å². The first-order chi connectivity index (χ1) is 15.9. The Balaban J connectivity index is 2.34. The summed E-state index contributed by atoms with van der Waals surface area (Å²) in [6, 6.07) is 13.2. The maximum absolute atomic E-state index is 13.5. The molecular formula is C24H32IN3O5S. The molecule has 0 fully saturated rings. The van der Waals surface area contributed by atoms with Crippen LogP contribution < -0.4 is 14.4 Å². The quantitative estimate of drug-likeness (QED) is 0.399. The monoisotopic (exact) mass is 601 g/mol. The SMILES string of the molecule is COc1ccc(CN(C(=O)CN(c2ccc(I)cc2)S(C)(=O)=O)[C@H](C)C(=O)NCC(C)C)cc1. The number of carbonyl (C=O) groups is 2. The lowest BCUT2D eigenvalue weighted by Crippen LogP contribution is -2.51. The van der Waals surface area contributed by atoms with Gasteiger partial charge in [-0.1, -0.05) is 26.0 Å². The molecule has 1 atom stereocenters. The van der Waals surface area contributed by atoms with Crippen LogP contribution in [0.25, 0.3) is 0 Å². The van der Waals surface area contributed by atoms with E-state index in [1.54, 1.807) is 50.4 Å². The molecule has 34 heavy (non-hydrogen) atoms. The zero-order valence-corrected chi connectivity index (χ0v) is 23.1. The molecule has 0 saturated carbocycles. The molecule has 0 aliphatic rings. The van der Waals surface area contributed by atoms with Crippen LogP contribution in [0.4, 0.5) is 5.69 Å². The zero-order chi connectivity index (χ0) is 25.5. The van der Waals surface area contributed by atoms with Crippen LogP contribution in [0.2, 0.25) is 0 Å².